The van der Waals surface area contributed by atoms with E-state index in [1.165, 1.54) is 0 Å². The van der Waals surface area contributed by atoms with Gasteiger partial charge in [0.2, 0.25) is 5.95 Å². The van der Waals surface area contributed by atoms with Gasteiger partial charge in [0.1, 0.15) is 5.75 Å². The second-order valence-corrected chi connectivity index (χ2v) is 6.22. The van der Waals surface area contributed by atoms with Crippen LogP contribution in [0.2, 0.25) is 0 Å². The van der Waals surface area contributed by atoms with E-state index in [4.69, 9.17) is 4.74 Å². The molecule has 6 nitrogen and oxygen atoms in total. The third-order valence-electron chi connectivity index (χ3n) is 4.56. The number of hydrogen-bond donors (Lipinski definition) is 1. The van der Waals surface area contributed by atoms with Crippen LogP contribution in [0.25, 0.3) is 10.9 Å². The topological polar surface area (TPSA) is 63.2 Å². The Bertz CT molecular complexity index is 855. The van der Waals surface area contributed by atoms with E-state index in [-0.39, 0.29) is 0 Å². The fraction of sp³-hybridized carbons (Fsp3) is 0.316. The first-order valence-electron chi connectivity index (χ1n) is 8.55. The van der Waals surface area contributed by atoms with Gasteiger partial charge in [-0.15, -0.1) is 0 Å². The number of benzene rings is 1. The number of anilines is 2. The van der Waals surface area contributed by atoms with Gasteiger partial charge in [-0.05, 0) is 43.2 Å². The lowest BCUT2D eigenvalue weighted by atomic mass is 10.0. The molecule has 0 bridgehead atoms. The molecule has 6 heteroatoms. The maximum Gasteiger partial charge on any atom is 0.225 e. The van der Waals surface area contributed by atoms with Crippen LogP contribution in [0.5, 0.6) is 5.75 Å². The molecule has 2 aromatic heterocycles. The summed E-state index contributed by atoms with van der Waals surface area (Å²) in [4.78, 5) is 15.4. The molecule has 1 N–H and O–H groups in total. The number of hydrogen-bond acceptors (Lipinski definition) is 6. The minimum atomic E-state index is 0.342. The molecule has 0 spiro atoms. The molecule has 1 unspecified atom stereocenters. The summed E-state index contributed by atoms with van der Waals surface area (Å²) < 4.78 is 5.36. The molecular weight excluding hydrogens is 314 g/mol. The first kappa shape index (κ1) is 15.6. The van der Waals surface area contributed by atoms with Crippen molar-refractivity contribution in [3.05, 3.63) is 48.9 Å². The zero-order valence-corrected chi connectivity index (χ0v) is 14.2. The van der Waals surface area contributed by atoms with E-state index in [0.29, 0.717) is 6.04 Å². The molecule has 0 radical (unpaired) electrons. The minimum absolute atomic E-state index is 0.342. The molecular formula is C19H21N5O. The largest absolute Gasteiger partial charge is 0.497 e. The Morgan fingerprint density at radius 3 is 2.84 bits per heavy atom. The van der Waals surface area contributed by atoms with E-state index in [2.05, 4.69) is 25.2 Å². The highest BCUT2D eigenvalue weighted by Crippen LogP contribution is 2.28. The molecule has 1 aliphatic rings. The van der Waals surface area contributed by atoms with Crippen molar-refractivity contribution in [2.45, 2.75) is 18.9 Å². The van der Waals surface area contributed by atoms with Crippen molar-refractivity contribution in [1.29, 1.82) is 0 Å². The van der Waals surface area contributed by atoms with E-state index in [0.717, 1.165) is 54.2 Å². The Labute approximate surface area is 146 Å². The molecule has 25 heavy (non-hydrogen) atoms. The van der Waals surface area contributed by atoms with Crippen LogP contribution in [0, 0.1) is 0 Å². The Hall–Kier alpha value is -2.89. The molecule has 0 saturated carbocycles. The standard InChI is InChI=1S/C19H21N5O/c1-25-15-5-6-17-16(12-15)18(7-10-20-17)23-14-4-2-11-24(13-14)19-21-8-3-9-22-19/h3,5-10,12,14H,2,4,11,13H2,1H3,(H,20,23). The summed E-state index contributed by atoms with van der Waals surface area (Å²) in [5.41, 5.74) is 2.05. The van der Waals surface area contributed by atoms with Gasteiger partial charge < -0.3 is 15.0 Å². The van der Waals surface area contributed by atoms with Gasteiger partial charge in [-0.25, -0.2) is 9.97 Å². The predicted molar refractivity (Wildman–Crippen MR) is 99.2 cm³/mol. The summed E-state index contributed by atoms with van der Waals surface area (Å²) in [5.74, 6) is 1.64. The lowest BCUT2D eigenvalue weighted by Crippen LogP contribution is -2.42. The molecule has 0 amide bonds. The van der Waals surface area contributed by atoms with Crippen molar-refractivity contribution in [2.24, 2.45) is 0 Å². The van der Waals surface area contributed by atoms with Crippen LogP contribution in [0.4, 0.5) is 11.6 Å². The summed E-state index contributed by atoms with van der Waals surface area (Å²) in [6.07, 6.45) is 7.67. The number of fused-ring (bicyclic) bond motifs is 1. The van der Waals surface area contributed by atoms with Crippen LogP contribution in [0.1, 0.15) is 12.8 Å². The van der Waals surface area contributed by atoms with E-state index < -0.39 is 0 Å². The highest BCUT2D eigenvalue weighted by atomic mass is 16.5. The van der Waals surface area contributed by atoms with Gasteiger partial charge in [-0.1, -0.05) is 0 Å². The quantitative estimate of drug-likeness (QED) is 0.790. The lowest BCUT2D eigenvalue weighted by Gasteiger charge is -2.33. The van der Waals surface area contributed by atoms with Gasteiger partial charge >= 0.3 is 0 Å². The molecule has 3 aromatic rings. The van der Waals surface area contributed by atoms with E-state index in [1.807, 2.05) is 36.5 Å². The number of nitrogens with zero attached hydrogens (tertiary/aromatic N) is 4. The fourth-order valence-electron chi connectivity index (χ4n) is 3.33. The van der Waals surface area contributed by atoms with Crippen LogP contribution in [0.15, 0.2) is 48.9 Å². The molecule has 128 valence electrons. The summed E-state index contributed by atoms with van der Waals surface area (Å²) >= 11 is 0. The van der Waals surface area contributed by atoms with Gasteiger partial charge in [0.05, 0.1) is 12.6 Å². The van der Waals surface area contributed by atoms with Crippen LogP contribution < -0.4 is 15.0 Å². The molecule has 4 rings (SSSR count). The first-order chi connectivity index (χ1) is 12.3. The molecule has 0 aliphatic carbocycles. The van der Waals surface area contributed by atoms with Crippen molar-refractivity contribution in [3.8, 4) is 5.75 Å². The highest BCUT2D eigenvalue weighted by Gasteiger charge is 2.22. The van der Waals surface area contributed by atoms with Crippen molar-refractivity contribution in [3.63, 3.8) is 0 Å². The van der Waals surface area contributed by atoms with E-state index >= 15 is 0 Å². The third kappa shape index (κ3) is 3.33. The van der Waals surface area contributed by atoms with E-state index in [1.54, 1.807) is 19.5 Å². The van der Waals surface area contributed by atoms with Crippen LogP contribution in [-0.2, 0) is 0 Å². The van der Waals surface area contributed by atoms with Crippen LogP contribution in [0.3, 0.4) is 0 Å². The van der Waals surface area contributed by atoms with Gasteiger partial charge in [0, 0.05) is 48.8 Å². The minimum Gasteiger partial charge on any atom is -0.497 e. The second-order valence-electron chi connectivity index (χ2n) is 6.22. The number of rotatable bonds is 4. The van der Waals surface area contributed by atoms with Gasteiger partial charge in [0.15, 0.2) is 0 Å². The van der Waals surface area contributed by atoms with E-state index in [9.17, 15) is 0 Å². The Morgan fingerprint density at radius 2 is 2.00 bits per heavy atom. The zero-order valence-electron chi connectivity index (χ0n) is 14.2. The molecule has 1 saturated heterocycles. The molecule has 1 aliphatic heterocycles. The van der Waals surface area contributed by atoms with Gasteiger partial charge in [-0.2, -0.15) is 0 Å². The molecule has 3 heterocycles. The van der Waals surface area contributed by atoms with Crippen molar-refractivity contribution < 1.29 is 4.74 Å². The molecule has 1 aromatic carbocycles. The lowest BCUT2D eigenvalue weighted by molar-refractivity contribution is 0.415. The number of nitrogens with one attached hydrogen (secondary N) is 1. The summed E-state index contributed by atoms with van der Waals surface area (Å²) in [6.45, 7) is 1.88. The average molecular weight is 335 g/mol. The maximum absolute atomic E-state index is 5.36. The zero-order chi connectivity index (χ0) is 17.1. The fourth-order valence-corrected chi connectivity index (χ4v) is 3.33. The Morgan fingerprint density at radius 1 is 1.12 bits per heavy atom. The highest BCUT2D eigenvalue weighted by molar-refractivity contribution is 5.92. The summed E-state index contributed by atoms with van der Waals surface area (Å²) in [7, 11) is 1.68. The summed E-state index contributed by atoms with van der Waals surface area (Å²) in [5, 5.41) is 4.76. The van der Waals surface area contributed by atoms with Gasteiger partial charge in [0.25, 0.3) is 0 Å². The van der Waals surface area contributed by atoms with Crippen molar-refractivity contribution in [1.82, 2.24) is 15.0 Å². The predicted octanol–water partition coefficient (Wildman–Crippen LogP) is 3.11. The molecule has 1 atom stereocenters. The molecule has 1 fully saturated rings. The number of methoxy groups -OCH3 is 1. The number of piperidine rings is 1. The number of ether oxygens (including phenoxy) is 1. The van der Waals surface area contributed by atoms with Crippen molar-refractivity contribution >= 4 is 22.5 Å². The number of aromatic nitrogens is 3. The SMILES string of the molecule is COc1ccc2nccc(NC3CCCN(c4ncccn4)C3)c2c1. The first-order valence-corrected chi connectivity index (χ1v) is 8.55. The Kier molecular flexibility index (Phi) is 4.33. The van der Waals surface area contributed by atoms with Crippen LogP contribution in [-0.4, -0.2) is 41.2 Å². The van der Waals surface area contributed by atoms with Crippen LogP contribution >= 0.6 is 0 Å². The Balaban J connectivity index is 1.56. The normalized spacial score (nSPS) is 17.5. The number of pyridine rings is 1. The maximum atomic E-state index is 5.36. The summed E-state index contributed by atoms with van der Waals surface area (Å²) in [6, 6.07) is 10.2. The average Bonchev–Trinajstić information content (AvgIpc) is 2.69. The van der Waals surface area contributed by atoms with Crippen molar-refractivity contribution in [2.75, 3.05) is 30.4 Å². The van der Waals surface area contributed by atoms with Gasteiger partial charge in [-0.3, -0.25) is 4.98 Å². The third-order valence-corrected chi connectivity index (χ3v) is 4.56. The monoisotopic (exact) mass is 335 g/mol. The second kappa shape index (κ2) is 6.93. The smallest absolute Gasteiger partial charge is 0.225 e.